The number of Topliss-reactive ketones (excluding diaryl/α,β-unsaturated/α-hetero) is 2. The molecular weight excluding hydrogens is 288 g/mol. The Labute approximate surface area is 133 Å². The Morgan fingerprint density at radius 3 is 1.52 bits per heavy atom. The molecule has 0 heterocycles. The molecule has 0 bridgehead atoms. The number of hydrogen-bond acceptors (Lipinski definition) is 3. The van der Waals surface area contributed by atoms with Gasteiger partial charge in [0.2, 0.25) is 11.6 Å². The number of carbonyl (C=O) groups is 2. The molecule has 3 aromatic carbocycles. The molecule has 3 heteroatoms. The fourth-order valence-electron chi connectivity index (χ4n) is 2.32. The van der Waals surface area contributed by atoms with Crippen molar-refractivity contribution in [2.24, 2.45) is 0 Å². The van der Waals surface area contributed by atoms with Crippen molar-refractivity contribution < 1.29 is 14.7 Å². The minimum Gasteiger partial charge on any atom is -0.508 e. The third-order valence-corrected chi connectivity index (χ3v) is 3.59. The van der Waals surface area contributed by atoms with Crippen LogP contribution in [0.25, 0.3) is 11.1 Å². The van der Waals surface area contributed by atoms with Gasteiger partial charge in [-0.25, -0.2) is 0 Å². The largest absolute Gasteiger partial charge is 0.508 e. The first-order chi connectivity index (χ1) is 11.1. The zero-order valence-electron chi connectivity index (χ0n) is 12.3. The monoisotopic (exact) mass is 302 g/mol. The van der Waals surface area contributed by atoms with E-state index in [-0.39, 0.29) is 5.75 Å². The van der Waals surface area contributed by atoms with Crippen LogP contribution in [0.1, 0.15) is 20.7 Å². The molecule has 0 amide bonds. The van der Waals surface area contributed by atoms with Gasteiger partial charge in [-0.05, 0) is 23.3 Å². The van der Waals surface area contributed by atoms with Crippen molar-refractivity contribution in [2.75, 3.05) is 0 Å². The summed E-state index contributed by atoms with van der Waals surface area (Å²) in [5, 5.41) is 9.31. The number of aromatic hydroxyl groups is 1. The standard InChI is InChI=1S/C20H14O3/c21-18-12-10-15(11-13-18)14-6-8-17(9-7-14)20(23)19(22)16-4-2-1-3-5-16/h1-13,21H. The van der Waals surface area contributed by atoms with E-state index in [1.54, 1.807) is 78.9 Å². The number of phenols is 1. The molecule has 0 saturated heterocycles. The highest BCUT2D eigenvalue weighted by Crippen LogP contribution is 2.22. The molecule has 0 saturated carbocycles. The lowest BCUT2D eigenvalue weighted by atomic mass is 9.98. The van der Waals surface area contributed by atoms with Crippen LogP contribution in [0.5, 0.6) is 5.75 Å². The van der Waals surface area contributed by atoms with E-state index in [4.69, 9.17) is 0 Å². The smallest absolute Gasteiger partial charge is 0.233 e. The SMILES string of the molecule is O=C(C(=O)c1ccc(-c2ccc(O)cc2)cc1)c1ccccc1. The highest BCUT2D eigenvalue weighted by Gasteiger charge is 2.17. The summed E-state index contributed by atoms with van der Waals surface area (Å²) in [4.78, 5) is 24.4. The van der Waals surface area contributed by atoms with Crippen LogP contribution >= 0.6 is 0 Å². The van der Waals surface area contributed by atoms with Crippen molar-refractivity contribution in [3.63, 3.8) is 0 Å². The fraction of sp³-hybridized carbons (Fsp3) is 0. The molecule has 112 valence electrons. The van der Waals surface area contributed by atoms with Gasteiger partial charge in [-0.3, -0.25) is 9.59 Å². The molecular formula is C20H14O3. The lowest BCUT2D eigenvalue weighted by Gasteiger charge is -2.04. The van der Waals surface area contributed by atoms with Crippen LogP contribution in [0, 0.1) is 0 Å². The first kappa shape index (κ1) is 14.7. The first-order valence-electron chi connectivity index (χ1n) is 7.19. The van der Waals surface area contributed by atoms with Gasteiger partial charge in [0.05, 0.1) is 0 Å². The second-order valence-corrected chi connectivity index (χ2v) is 5.15. The van der Waals surface area contributed by atoms with E-state index in [0.29, 0.717) is 11.1 Å². The summed E-state index contributed by atoms with van der Waals surface area (Å²) in [7, 11) is 0. The van der Waals surface area contributed by atoms with Crippen LogP contribution in [0.2, 0.25) is 0 Å². The van der Waals surface area contributed by atoms with Gasteiger partial charge in [-0.15, -0.1) is 0 Å². The van der Waals surface area contributed by atoms with Crippen molar-refractivity contribution in [1.29, 1.82) is 0 Å². The molecule has 0 aliphatic heterocycles. The second kappa shape index (κ2) is 6.28. The van der Waals surface area contributed by atoms with Crippen molar-refractivity contribution in [1.82, 2.24) is 0 Å². The third kappa shape index (κ3) is 3.19. The van der Waals surface area contributed by atoms with Crippen molar-refractivity contribution in [3.8, 4) is 16.9 Å². The van der Waals surface area contributed by atoms with Crippen molar-refractivity contribution in [3.05, 3.63) is 90.0 Å². The van der Waals surface area contributed by atoms with Crippen molar-refractivity contribution >= 4 is 11.6 Å². The molecule has 0 aromatic heterocycles. The van der Waals surface area contributed by atoms with E-state index in [1.165, 1.54) is 0 Å². The van der Waals surface area contributed by atoms with Crippen LogP contribution < -0.4 is 0 Å². The van der Waals surface area contributed by atoms with Gasteiger partial charge in [0.1, 0.15) is 5.75 Å². The number of ketones is 2. The molecule has 0 aliphatic rings. The molecule has 3 aromatic rings. The van der Waals surface area contributed by atoms with Gasteiger partial charge in [-0.2, -0.15) is 0 Å². The van der Waals surface area contributed by atoms with E-state index >= 15 is 0 Å². The Balaban J connectivity index is 1.83. The average molecular weight is 302 g/mol. The molecule has 0 unspecified atom stereocenters. The minimum absolute atomic E-state index is 0.203. The Bertz CT molecular complexity index is 832. The molecule has 0 aliphatic carbocycles. The Morgan fingerprint density at radius 1 is 0.565 bits per heavy atom. The molecule has 1 N–H and O–H groups in total. The summed E-state index contributed by atoms with van der Waals surface area (Å²) in [6, 6.07) is 22.2. The summed E-state index contributed by atoms with van der Waals surface area (Å²) >= 11 is 0. The molecule has 0 fully saturated rings. The lowest BCUT2D eigenvalue weighted by molar-refractivity contribution is 0.0817. The number of benzene rings is 3. The van der Waals surface area contributed by atoms with Crippen LogP contribution in [-0.4, -0.2) is 16.7 Å². The summed E-state index contributed by atoms with van der Waals surface area (Å²) in [6.07, 6.45) is 0. The van der Waals surface area contributed by atoms with E-state index in [9.17, 15) is 14.7 Å². The summed E-state index contributed by atoms with van der Waals surface area (Å²) in [6.45, 7) is 0. The predicted octanol–water partition coefficient (Wildman–Crippen LogP) is 4.12. The average Bonchev–Trinajstić information content (AvgIpc) is 2.62. The quantitative estimate of drug-likeness (QED) is 0.582. The number of hydrogen-bond donors (Lipinski definition) is 1. The number of carbonyl (C=O) groups excluding carboxylic acids is 2. The highest BCUT2D eigenvalue weighted by atomic mass is 16.3. The maximum Gasteiger partial charge on any atom is 0.233 e. The second-order valence-electron chi connectivity index (χ2n) is 5.15. The topological polar surface area (TPSA) is 54.4 Å². The zero-order chi connectivity index (χ0) is 16.2. The Kier molecular flexibility index (Phi) is 4.02. The zero-order valence-corrected chi connectivity index (χ0v) is 12.3. The molecule has 0 spiro atoms. The maximum atomic E-state index is 12.3. The van der Waals surface area contributed by atoms with Gasteiger partial charge < -0.3 is 5.11 Å². The highest BCUT2D eigenvalue weighted by molar-refractivity contribution is 6.49. The summed E-state index contributed by atoms with van der Waals surface area (Å²) < 4.78 is 0. The van der Waals surface area contributed by atoms with E-state index in [1.807, 2.05) is 0 Å². The Hall–Kier alpha value is -3.20. The fourth-order valence-corrected chi connectivity index (χ4v) is 2.32. The summed E-state index contributed by atoms with van der Waals surface area (Å²) in [5.41, 5.74) is 2.59. The number of phenolic OH excluding ortho intramolecular Hbond substituents is 1. The van der Waals surface area contributed by atoms with Gasteiger partial charge >= 0.3 is 0 Å². The molecule has 0 atom stereocenters. The molecule has 23 heavy (non-hydrogen) atoms. The number of rotatable bonds is 4. The van der Waals surface area contributed by atoms with Crippen LogP contribution in [-0.2, 0) is 0 Å². The van der Waals surface area contributed by atoms with Gasteiger partial charge in [0.25, 0.3) is 0 Å². The molecule has 3 rings (SSSR count). The van der Waals surface area contributed by atoms with Gasteiger partial charge in [0, 0.05) is 11.1 Å². The van der Waals surface area contributed by atoms with E-state index < -0.39 is 11.6 Å². The maximum absolute atomic E-state index is 12.3. The minimum atomic E-state index is -0.520. The van der Waals surface area contributed by atoms with E-state index in [2.05, 4.69) is 0 Å². The first-order valence-corrected chi connectivity index (χ1v) is 7.19. The van der Waals surface area contributed by atoms with Gasteiger partial charge in [-0.1, -0.05) is 66.7 Å². The lowest BCUT2D eigenvalue weighted by Crippen LogP contribution is -2.14. The molecule has 0 radical (unpaired) electrons. The summed E-state index contributed by atoms with van der Waals surface area (Å²) in [5.74, 6) is -0.828. The van der Waals surface area contributed by atoms with Crippen LogP contribution in [0.15, 0.2) is 78.9 Å². The normalized spacial score (nSPS) is 10.3. The van der Waals surface area contributed by atoms with Gasteiger partial charge in [0.15, 0.2) is 0 Å². The molecule has 3 nitrogen and oxygen atoms in total. The third-order valence-electron chi connectivity index (χ3n) is 3.59. The predicted molar refractivity (Wildman–Crippen MR) is 88.6 cm³/mol. The van der Waals surface area contributed by atoms with Crippen molar-refractivity contribution in [2.45, 2.75) is 0 Å². The van der Waals surface area contributed by atoms with E-state index in [0.717, 1.165) is 11.1 Å². The van der Waals surface area contributed by atoms with Crippen LogP contribution in [0.3, 0.4) is 0 Å². The Morgan fingerprint density at radius 2 is 1.00 bits per heavy atom. The van der Waals surface area contributed by atoms with Crippen LogP contribution in [0.4, 0.5) is 0 Å².